The molecule has 4 aromatic rings. The summed E-state index contributed by atoms with van der Waals surface area (Å²) in [6.07, 6.45) is 1.98. The topological polar surface area (TPSA) is 76.4 Å². The normalized spacial score (nSPS) is 12.3. The number of hydrogen-bond acceptors (Lipinski definition) is 4. The molecule has 0 saturated heterocycles. The van der Waals surface area contributed by atoms with Gasteiger partial charge in [-0.2, -0.15) is 0 Å². The highest BCUT2D eigenvalue weighted by molar-refractivity contribution is 7.93. The van der Waals surface area contributed by atoms with Gasteiger partial charge in [0.1, 0.15) is 10.0 Å². The Morgan fingerprint density at radius 1 is 1.12 bits per heavy atom. The van der Waals surface area contributed by atoms with Gasteiger partial charge in [0.15, 0.2) is 9.84 Å². The fourth-order valence-corrected chi connectivity index (χ4v) is 6.74. The summed E-state index contributed by atoms with van der Waals surface area (Å²) >= 11 is 0.999. The van der Waals surface area contributed by atoms with Crippen LogP contribution in [-0.2, 0) is 28.1 Å². The van der Waals surface area contributed by atoms with Crippen LogP contribution in [-0.4, -0.2) is 29.8 Å². The molecule has 0 fully saturated rings. The molecule has 0 spiro atoms. The van der Waals surface area contributed by atoms with Crippen molar-refractivity contribution in [2.24, 2.45) is 13.0 Å². The summed E-state index contributed by atoms with van der Waals surface area (Å²) in [5.41, 5.74) is 3.41. The Hall–Kier alpha value is -3.41. The fraction of sp³-hybridized carbons (Fsp3) is 0.192. The Morgan fingerprint density at radius 3 is 2.56 bits per heavy atom. The third-order valence-electron chi connectivity index (χ3n) is 5.60. The number of benzene rings is 2. The van der Waals surface area contributed by atoms with Crippen molar-refractivity contribution in [3.8, 4) is 11.8 Å². The summed E-state index contributed by atoms with van der Waals surface area (Å²) in [7, 11) is -1.95. The molecule has 4 rings (SSSR count). The zero-order valence-corrected chi connectivity index (χ0v) is 20.2. The molecule has 0 bridgehead atoms. The van der Waals surface area contributed by atoms with E-state index < -0.39 is 27.5 Å². The van der Waals surface area contributed by atoms with Crippen molar-refractivity contribution in [1.29, 1.82) is 0 Å². The van der Waals surface area contributed by atoms with E-state index in [9.17, 15) is 22.7 Å². The molecule has 5 nitrogen and oxygen atoms in total. The lowest BCUT2D eigenvalue weighted by molar-refractivity contribution is -0.140. The first-order chi connectivity index (χ1) is 16.1. The number of aliphatic carboxylic acids is 1. The van der Waals surface area contributed by atoms with Crippen molar-refractivity contribution in [3.05, 3.63) is 88.2 Å². The molecule has 2 aromatic carbocycles. The van der Waals surface area contributed by atoms with Gasteiger partial charge in [0.25, 0.3) is 0 Å². The summed E-state index contributed by atoms with van der Waals surface area (Å²) in [6.45, 7) is 1.96. The van der Waals surface area contributed by atoms with Gasteiger partial charge >= 0.3 is 5.97 Å². The second-order valence-electron chi connectivity index (χ2n) is 8.13. The fourth-order valence-electron chi connectivity index (χ4n) is 3.94. The number of halogens is 1. The van der Waals surface area contributed by atoms with Gasteiger partial charge in [-0.1, -0.05) is 24.0 Å². The smallest absolute Gasteiger partial charge is 0.307 e. The number of aryl methyl sites for hydroxylation is 2. The van der Waals surface area contributed by atoms with Crippen LogP contribution in [0.2, 0.25) is 0 Å². The second kappa shape index (κ2) is 9.45. The van der Waals surface area contributed by atoms with Crippen molar-refractivity contribution in [2.75, 3.05) is 5.75 Å². The lowest BCUT2D eigenvalue weighted by atomic mass is 9.98. The van der Waals surface area contributed by atoms with Gasteiger partial charge < -0.3 is 9.67 Å². The molecule has 2 aromatic heterocycles. The van der Waals surface area contributed by atoms with Crippen molar-refractivity contribution in [3.63, 3.8) is 0 Å². The maximum atomic E-state index is 13.1. The zero-order chi connectivity index (χ0) is 24.5. The third-order valence-corrected chi connectivity index (χ3v) is 9.00. The Kier molecular flexibility index (Phi) is 6.60. The number of rotatable bonds is 6. The first kappa shape index (κ1) is 23.7. The zero-order valence-electron chi connectivity index (χ0n) is 18.6. The van der Waals surface area contributed by atoms with Crippen LogP contribution in [0.3, 0.4) is 0 Å². The van der Waals surface area contributed by atoms with Crippen molar-refractivity contribution in [2.45, 2.75) is 17.6 Å². The Balaban J connectivity index is 1.56. The van der Waals surface area contributed by atoms with Crippen molar-refractivity contribution < 1.29 is 22.7 Å². The quantitative estimate of drug-likeness (QED) is 0.390. The number of carboxylic acid groups (broad SMARTS) is 1. The lowest BCUT2D eigenvalue weighted by Gasteiger charge is -2.12. The molecular weight excluding hydrogens is 473 g/mol. The predicted molar refractivity (Wildman–Crippen MR) is 131 cm³/mol. The molecule has 0 aliphatic rings. The molecule has 1 N–H and O–H groups in total. The Morgan fingerprint density at radius 2 is 1.85 bits per heavy atom. The third kappa shape index (κ3) is 5.06. The Labute approximate surface area is 201 Å². The van der Waals surface area contributed by atoms with Gasteiger partial charge in [0.05, 0.1) is 16.5 Å². The maximum Gasteiger partial charge on any atom is 0.307 e. The number of carbonyl (C=O) groups is 1. The number of fused-ring (bicyclic) bond motifs is 1. The highest BCUT2D eigenvalue weighted by Crippen LogP contribution is 2.29. The minimum absolute atomic E-state index is 0.0799. The molecule has 0 amide bonds. The maximum absolute atomic E-state index is 13.1. The number of thiophene rings is 1. The molecule has 174 valence electrons. The highest BCUT2D eigenvalue weighted by atomic mass is 32.2. The molecule has 34 heavy (non-hydrogen) atoms. The van der Waals surface area contributed by atoms with E-state index in [0.29, 0.717) is 10.4 Å². The van der Waals surface area contributed by atoms with Crippen LogP contribution in [0.4, 0.5) is 4.39 Å². The van der Waals surface area contributed by atoms with Crippen LogP contribution in [0, 0.1) is 30.5 Å². The van der Waals surface area contributed by atoms with Gasteiger partial charge in [0.2, 0.25) is 0 Å². The molecule has 0 unspecified atom stereocenters. The average Bonchev–Trinajstić information content (AvgIpc) is 3.39. The first-order valence-electron chi connectivity index (χ1n) is 10.5. The summed E-state index contributed by atoms with van der Waals surface area (Å²) in [5.74, 6) is 2.65. The van der Waals surface area contributed by atoms with Crippen LogP contribution in [0.15, 0.2) is 65.0 Å². The standard InChI is InChI=1S/C26H22FNO4S2/c1-17-4-3-5-23-25(17)19(15-28(23)2)14-20(26(29)30)16-34(31,32)24-13-12-22(33-24)11-8-18-6-9-21(27)10-7-18/h3-7,9-10,12-13,15,20H,14,16H2,1-2H3,(H,29,30)/t20-/m0/s1. The number of sulfone groups is 1. The van der Waals surface area contributed by atoms with Gasteiger partial charge in [-0.3, -0.25) is 4.79 Å². The van der Waals surface area contributed by atoms with Gasteiger partial charge in [-0.05, 0) is 66.9 Å². The lowest BCUT2D eigenvalue weighted by Crippen LogP contribution is -2.25. The summed E-state index contributed by atoms with van der Waals surface area (Å²) in [4.78, 5) is 12.5. The van der Waals surface area contributed by atoms with E-state index in [-0.39, 0.29) is 16.4 Å². The van der Waals surface area contributed by atoms with E-state index in [1.54, 1.807) is 18.2 Å². The summed E-state index contributed by atoms with van der Waals surface area (Å²) in [5, 5.41) is 10.8. The minimum atomic E-state index is -3.84. The monoisotopic (exact) mass is 495 g/mol. The summed E-state index contributed by atoms with van der Waals surface area (Å²) < 4.78 is 41.1. The van der Waals surface area contributed by atoms with E-state index in [1.807, 2.05) is 42.9 Å². The number of carboxylic acids is 1. The minimum Gasteiger partial charge on any atom is -0.481 e. The van der Waals surface area contributed by atoms with Gasteiger partial charge in [-0.25, -0.2) is 12.8 Å². The Bertz CT molecular complexity index is 1540. The van der Waals surface area contributed by atoms with E-state index in [1.165, 1.54) is 18.2 Å². The average molecular weight is 496 g/mol. The predicted octanol–water partition coefficient (Wildman–Crippen LogP) is 4.80. The SMILES string of the molecule is Cc1cccc2c1c(C[C@@H](CS(=O)(=O)c1ccc(C#Cc3ccc(F)cc3)s1)C(=O)O)cn2C. The highest BCUT2D eigenvalue weighted by Gasteiger charge is 2.29. The van der Waals surface area contributed by atoms with Gasteiger partial charge in [0, 0.05) is 29.7 Å². The van der Waals surface area contributed by atoms with Crippen LogP contribution >= 0.6 is 11.3 Å². The van der Waals surface area contributed by atoms with E-state index in [2.05, 4.69) is 11.8 Å². The second-order valence-corrected chi connectivity index (χ2v) is 11.5. The van der Waals surface area contributed by atoms with Crippen LogP contribution < -0.4 is 0 Å². The molecule has 0 aliphatic carbocycles. The molecule has 1 atom stereocenters. The molecule has 0 radical (unpaired) electrons. The first-order valence-corrected chi connectivity index (χ1v) is 13.0. The number of aromatic nitrogens is 1. The largest absolute Gasteiger partial charge is 0.481 e. The molecule has 0 saturated carbocycles. The van der Waals surface area contributed by atoms with Gasteiger partial charge in [-0.15, -0.1) is 11.3 Å². The summed E-state index contributed by atoms with van der Waals surface area (Å²) in [6, 6.07) is 14.6. The van der Waals surface area contributed by atoms with Crippen molar-refractivity contribution >= 4 is 38.0 Å². The van der Waals surface area contributed by atoms with E-state index in [4.69, 9.17) is 0 Å². The molecule has 8 heteroatoms. The molecule has 0 aliphatic heterocycles. The van der Waals surface area contributed by atoms with Crippen LogP contribution in [0.1, 0.15) is 21.6 Å². The molecular formula is C26H22FNO4S2. The van der Waals surface area contributed by atoms with Crippen LogP contribution in [0.5, 0.6) is 0 Å². The number of hydrogen-bond donors (Lipinski definition) is 1. The van der Waals surface area contributed by atoms with Crippen molar-refractivity contribution in [1.82, 2.24) is 4.57 Å². The van der Waals surface area contributed by atoms with E-state index >= 15 is 0 Å². The van der Waals surface area contributed by atoms with Crippen LogP contribution in [0.25, 0.3) is 10.9 Å². The number of nitrogens with zero attached hydrogens (tertiary/aromatic N) is 1. The molecule has 2 heterocycles. The van der Waals surface area contributed by atoms with E-state index in [0.717, 1.165) is 33.4 Å².